The molecule has 1 N–H and O–H groups in total. The lowest BCUT2D eigenvalue weighted by Gasteiger charge is -2.31. The number of hydrogen-bond donors (Lipinski definition) is 1. The van der Waals surface area contributed by atoms with Gasteiger partial charge in [-0.05, 0) is 38.8 Å². The van der Waals surface area contributed by atoms with Gasteiger partial charge in [0.15, 0.2) is 0 Å². The van der Waals surface area contributed by atoms with Crippen LogP contribution in [-0.4, -0.2) is 44.2 Å². The van der Waals surface area contributed by atoms with Gasteiger partial charge in [0.1, 0.15) is 12.1 Å². The van der Waals surface area contributed by atoms with Gasteiger partial charge in [0.25, 0.3) is 11.5 Å². The number of rotatable bonds is 6. The van der Waals surface area contributed by atoms with Crippen LogP contribution in [-0.2, 0) is 18.4 Å². The van der Waals surface area contributed by atoms with Crippen molar-refractivity contribution in [2.45, 2.75) is 64.6 Å². The number of carbonyl (C=O) groups excluding carboxylic acids is 2. The van der Waals surface area contributed by atoms with E-state index in [2.05, 4.69) is 10.4 Å². The lowest BCUT2D eigenvalue weighted by atomic mass is 9.94. The topological polar surface area (TPSA) is 89.2 Å². The molecule has 0 bridgehead atoms. The molecule has 2 amide bonds. The average Bonchev–Trinajstić information content (AvgIpc) is 3.08. The van der Waals surface area contributed by atoms with Crippen molar-refractivity contribution in [3.8, 4) is 0 Å². The third-order valence-corrected chi connectivity index (χ3v) is 6.17. The molecular weight excluding hydrogens is 382 g/mol. The van der Waals surface area contributed by atoms with Gasteiger partial charge in [0.05, 0.1) is 12.2 Å². The Labute approximate surface area is 176 Å². The molecule has 1 aliphatic rings. The first-order valence-corrected chi connectivity index (χ1v) is 10.5. The molecule has 2 aromatic heterocycles. The van der Waals surface area contributed by atoms with Crippen molar-refractivity contribution >= 4 is 11.8 Å². The maximum Gasteiger partial charge on any atom is 0.263 e. The van der Waals surface area contributed by atoms with Crippen LogP contribution in [0.3, 0.4) is 0 Å². The summed E-state index contributed by atoms with van der Waals surface area (Å²) in [5.74, 6) is -0.570. The quantitative estimate of drug-likeness (QED) is 0.786. The molecule has 30 heavy (non-hydrogen) atoms. The van der Waals surface area contributed by atoms with Gasteiger partial charge in [-0.25, -0.2) is 0 Å². The van der Waals surface area contributed by atoms with E-state index in [1.54, 1.807) is 35.1 Å². The SMILES string of the molecule is Cc1c(C(C)NC(=O)c2cccn(CC(=O)N(C)C3CCCCC3)c2=O)cnn1C. The highest BCUT2D eigenvalue weighted by atomic mass is 16.2. The number of nitrogens with one attached hydrogen (secondary N) is 1. The van der Waals surface area contributed by atoms with Gasteiger partial charge < -0.3 is 14.8 Å². The predicted octanol–water partition coefficient (Wildman–Crippen LogP) is 2.17. The molecule has 1 unspecified atom stereocenters. The van der Waals surface area contributed by atoms with Crippen LogP contribution in [0, 0.1) is 6.92 Å². The highest BCUT2D eigenvalue weighted by molar-refractivity contribution is 5.94. The lowest BCUT2D eigenvalue weighted by Crippen LogP contribution is -2.42. The summed E-state index contributed by atoms with van der Waals surface area (Å²) in [5, 5.41) is 7.06. The molecule has 0 saturated heterocycles. The van der Waals surface area contributed by atoms with Gasteiger partial charge in [-0.1, -0.05) is 19.3 Å². The second kappa shape index (κ2) is 9.28. The molecule has 2 aromatic rings. The minimum atomic E-state index is -0.462. The van der Waals surface area contributed by atoms with Gasteiger partial charge >= 0.3 is 0 Å². The fourth-order valence-corrected chi connectivity index (χ4v) is 4.06. The van der Waals surface area contributed by atoms with Gasteiger partial charge in [0.2, 0.25) is 5.91 Å². The monoisotopic (exact) mass is 413 g/mol. The van der Waals surface area contributed by atoms with E-state index in [4.69, 9.17) is 0 Å². The van der Waals surface area contributed by atoms with Gasteiger partial charge in [-0.15, -0.1) is 0 Å². The predicted molar refractivity (Wildman–Crippen MR) is 114 cm³/mol. The summed E-state index contributed by atoms with van der Waals surface area (Å²) < 4.78 is 3.05. The van der Waals surface area contributed by atoms with E-state index in [9.17, 15) is 14.4 Å². The Morgan fingerprint density at radius 3 is 2.63 bits per heavy atom. The van der Waals surface area contributed by atoms with Crippen molar-refractivity contribution in [2.75, 3.05) is 7.05 Å². The zero-order chi connectivity index (χ0) is 21.8. The number of aryl methyl sites for hydroxylation is 1. The number of carbonyl (C=O) groups is 2. The second-order valence-electron chi connectivity index (χ2n) is 8.16. The average molecular weight is 414 g/mol. The highest BCUT2D eigenvalue weighted by Gasteiger charge is 2.23. The Hall–Kier alpha value is -2.90. The normalized spacial score (nSPS) is 15.6. The molecule has 8 heteroatoms. The molecule has 1 aliphatic carbocycles. The molecule has 1 fully saturated rings. The number of aromatic nitrogens is 3. The smallest absolute Gasteiger partial charge is 0.263 e. The molecule has 8 nitrogen and oxygen atoms in total. The first kappa shape index (κ1) is 21.8. The summed E-state index contributed by atoms with van der Waals surface area (Å²) in [7, 11) is 3.64. The fraction of sp³-hybridized carbons (Fsp3) is 0.545. The second-order valence-corrected chi connectivity index (χ2v) is 8.16. The van der Waals surface area contributed by atoms with Gasteiger partial charge in [0, 0.05) is 37.6 Å². The summed E-state index contributed by atoms with van der Waals surface area (Å²) in [5.41, 5.74) is 1.41. The Morgan fingerprint density at radius 2 is 2.00 bits per heavy atom. The molecule has 0 spiro atoms. The van der Waals surface area contributed by atoms with E-state index in [1.807, 2.05) is 20.9 Å². The van der Waals surface area contributed by atoms with E-state index in [0.717, 1.165) is 36.9 Å². The third kappa shape index (κ3) is 4.63. The minimum Gasteiger partial charge on any atom is -0.345 e. The van der Waals surface area contributed by atoms with Crippen molar-refractivity contribution in [3.63, 3.8) is 0 Å². The Balaban J connectivity index is 1.71. The third-order valence-electron chi connectivity index (χ3n) is 6.17. The van der Waals surface area contributed by atoms with Crippen LogP contribution in [0.15, 0.2) is 29.3 Å². The molecular formula is C22H31N5O3. The van der Waals surface area contributed by atoms with E-state index in [0.29, 0.717) is 0 Å². The summed E-state index contributed by atoms with van der Waals surface area (Å²) in [6, 6.07) is 3.06. The largest absolute Gasteiger partial charge is 0.345 e. The maximum atomic E-state index is 12.8. The van der Waals surface area contributed by atoms with Crippen LogP contribution in [0.4, 0.5) is 0 Å². The fourth-order valence-electron chi connectivity index (χ4n) is 4.06. The standard InChI is InChI=1S/C22H31N5O3/c1-15(19-13-23-26(4)16(19)2)24-21(29)18-11-8-12-27(22(18)30)14-20(28)25(3)17-9-6-5-7-10-17/h8,11-13,15,17H,5-7,9-10,14H2,1-4H3,(H,24,29). The molecule has 1 saturated carbocycles. The number of likely N-dealkylation sites (N-methyl/N-ethyl adjacent to an activating group) is 1. The molecule has 0 aromatic carbocycles. The van der Waals surface area contributed by atoms with Crippen LogP contribution in [0.25, 0.3) is 0 Å². The molecule has 0 radical (unpaired) electrons. The summed E-state index contributed by atoms with van der Waals surface area (Å²) in [6.45, 7) is 3.71. The molecule has 3 rings (SSSR count). The van der Waals surface area contributed by atoms with Crippen molar-refractivity contribution < 1.29 is 9.59 Å². The summed E-state index contributed by atoms with van der Waals surface area (Å²) >= 11 is 0. The van der Waals surface area contributed by atoms with Crippen LogP contribution in [0.1, 0.15) is 66.7 Å². The summed E-state index contributed by atoms with van der Waals surface area (Å²) in [4.78, 5) is 40.0. The summed E-state index contributed by atoms with van der Waals surface area (Å²) in [6.07, 6.45) is 8.76. The van der Waals surface area contributed by atoms with Crippen LogP contribution < -0.4 is 10.9 Å². The van der Waals surface area contributed by atoms with E-state index < -0.39 is 11.5 Å². The van der Waals surface area contributed by atoms with Crippen molar-refractivity contribution in [1.82, 2.24) is 24.6 Å². The Kier molecular flexibility index (Phi) is 6.74. The van der Waals surface area contributed by atoms with Crippen LogP contribution in [0.5, 0.6) is 0 Å². The van der Waals surface area contributed by atoms with Gasteiger partial charge in [-0.2, -0.15) is 5.10 Å². The van der Waals surface area contributed by atoms with E-state index in [-0.39, 0.29) is 30.1 Å². The van der Waals surface area contributed by atoms with E-state index in [1.165, 1.54) is 17.1 Å². The minimum absolute atomic E-state index is 0.0269. The number of nitrogens with zero attached hydrogens (tertiary/aromatic N) is 4. The first-order chi connectivity index (χ1) is 14.3. The first-order valence-electron chi connectivity index (χ1n) is 10.5. The molecule has 162 valence electrons. The lowest BCUT2D eigenvalue weighted by molar-refractivity contribution is -0.133. The number of pyridine rings is 1. The number of hydrogen-bond acceptors (Lipinski definition) is 4. The van der Waals surface area contributed by atoms with Gasteiger partial charge in [-0.3, -0.25) is 19.1 Å². The molecule has 2 heterocycles. The zero-order valence-corrected chi connectivity index (χ0v) is 18.2. The zero-order valence-electron chi connectivity index (χ0n) is 18.2. The van der Waals surface area contributed by atoms with E-state index >= 15 is 0 Å². The molecule has 1 atom stereocenters. The Morgan fingerprint density at radius 1 is 1.30 bits per heavy atom. The van der Waals surface area contributed by atoms with Crippen LogP contribution in [0.2, 0.25) is 0 Å². The highest BCUT2D eigenvalue weighted by Crippen LogP contribution is 2.21. The Bertz CT molecular complexity index is 971. The van der Waals surface area contributed by atoms with Crippen molar-refractivity contribution in [2.24, 2.45) is 7.05 Å². The number of amides is 2. The van der Waals surface area contributed by atoms with Crippen molar-refractivity contribution in [3.05, 3.63) is 51.7 Å². The maximum absolute atomic E-state index is 12.8. The van der Waals surface area contributed by atoms with Crippen LogP contribution >= 0.6 is 0 Å². The van der Waals surface area contributed by atoms with Crippen molar-refractivity contribution in [1.29, 1.82) is 0 Å². The molecule has 0 aliphatic heterocycles.